The Morgan fingerprint density at radius 3 is 2.52 bits per heavy atom. The highest BCUT2D eigenvalue weighted by molar-refractivity contribution is 5.25. The molecule has 0 saturated carbocycles. The molecule has 0 saturated heterocycles. The van der Waals surface area contributed by atoms with E-state index in [9.17, 15) is 4.39 Å². The maximum atomic E-state index is 13.1. The van der Waals surface area contributed by atoms with E-state index in [4.69, 9.17) is 5.73 Å². The first kappa shape index (κ1) is 15.5. The third-order valence-electron chi connectivity index (χ3n) is 3.08. The summed E-state index contributed by atoms with van der Waals surface area (Å²) in [5.74, 6) is 0.411. The minimum absolute atomic E-state index is 0.233. The molecule has 0 bridgehead atoms. The minimum atomic E-state index is -0.272. The molecule has 3 N–H and O–H groups in total. The van der Waals surface area contributed by atoms with E-state index in [1.807, 2.05) is 20.8 Å². The molecule has 7 heteroatoms. The van der Waals surface area contributed by atoms with Gasteiger partial charge in [0.1, 0.15) is 5.82 Å². The maximum absolute atomic E-state index is 13.1. The molecule has 0 spiro atoms. The molecule has 0 amide bonds. The number of halogens is 1. The molecule has 0 aliphatic carbocycles. The van der Waals surface area contributed by atoms with Crippen LogP contribution in [0, 0.1) is 5.82 Å². The molecule has 1 aromatic heterocycles. The van der Waals surface area contributed by atoms with Gasteiger partial charge >= 0.3 is 0 Å². The molecule has 0 fully saturated rings. The van der Waals surface area contributed by atoms with Gasteiger partial charge in [0.2, 0.25) is 0 Å². The van der Waals surface area contributed by atoms with E-state index >= 15 is 0 Å². The van der Waals surface area contributed by atoms with E-state index in [-0.39, 0.29) is 17.4 Å². The number of benzene rings is 1. The SMILES string of the molecule is CC(C)(C)n1nnnc1C(NCCN)c1ccc(F)cc1. The monoisotopic (exact) mass is 292 g/mol. The number of nitrogens with one attached hydrogen (secondary N) is 1. The lowest BCUT2D eigenvalue weighted by atomic mass is 10.0. The van der Waals surface area contributed by atoms with Crippen LogP contribution in [0.3, 0.4) is 0 Å². The summed E-state index contributed by atoms with van der Waals surface area (Å²) in [4.78, 5) is 0. The van der Waals surface area contributed by atoms with E-state index in [2.05, 4.69) is 20.8 Å². The van der Waals surface area contributed by atoms with Gasteiger partial charge in [-0.05, 0) is 48.9 Å². The van der Waals surface area contributed by atoms with Gasteiger partial charge in [0.05, 0.1) is 11.6 Å². The number of rotatable bonds is 5. The number of hydrogen-bond acceptors (Lipinski definition) is 5. The van der Waals surface area contributed by atoms with Gasteiger partial charge in [-0.15, -0.1) is 5.10 Å². The van der Waals surface area contributed by atoms with E-state index in [1.165, 1.54) is 12.1 Å². The quantitative estimate of drug-likeness (QED) is 0.865. The van der Waals surface area contributed by atoms with Gasteiger partial charge in [-0.25, -0.2) is 9.07 Å². The highest BCUT2D eigenvalue weighted by Crippen LogP contribution is 2.24. The van der Waals surface area contributed by atoms with Crippen molar-refractivity contribution in [2.45, 2.75) is 32.4 Å². The van der Waals surface area contributed by atoms with Gasteiger partial charge in [0, 0.05) is 13.1 Å². The summed E-state index contributed by atoms with van der Waals surface area (Å²) in [5.41, 5.74) is 6.22. The van der Waals surface area contributed by atoms with Crippen molar-refractivity contribution in [1.29, 1.82) is 0 Å². The van der Waals surface area contributed by atoms with Crippen molar-refractivity contribution in [1.82, 2.24) is 25.5 Å². The third kappa shape index (κ3) is 3.62. The minimum Gasteiger partial charge on any atom is -0.329 e. The molecule has 21 heavy (non-hydrogen) atoms. The molecule has 1 heterocycles. The van der Waals surface area contributed by atoms with Crippen LogP contribution in [0.25, 0.3) is 0 Å². The van der Waals surface area contributed by atoms with Crippen molar-refractivity contribution >= 4 is 0 Å². The second kappa shape index (κ2) is 6.28. The van der Waals surface area contributed by atoms with E-state index in [0.717, 1.165) is 5.56 Å². The zero-order valence-electron chi connectivity index (χ0n) is 12.5. The fourth-order valence-corrected chi connectivity index (χ4v) is 2.09. The molecule has 0 aliphatic rings. The highest BCUT2D eigenvalue weighted by atomic mass is 19.1. The van der Waals surface area contributed by atoms with Gasteiger partial charge in [-0.1, -0.05) is 12.1 Å². The van der Waals surface area contributed by atoms with Crippen molar-refractivity contribution in [3.8, 4) is 0 Å². The molecular weight excluding hydrogens is 271 g/mol. The molecule has 2 aromatic rings. The Hall–Kier alpha value is -1.86. The summed E-state index contributed by atoms with van der Waals surface area (Å²) in [5, 5.41) is 15.3. The molecular formula is C14H21FN6. The average molecular weight is 292 g/mol. The zero-order chi connectivity index (χ0) is 15.5. The topological polar surface area (TPSA) is 81.7 Å². The predicted octanol–water partition coefficient (Wildman–Crippen LogP) is 1.20. The number of nitrogens with zero attached hydrogens (tertiary/aromatic N) is 4. The molecule has 1 atom stereocenters. The van der Waals surface area contributed by atoms with Crippen LogP contribution in [0.5, 0.6) is 0 Å². The first-order valence-electron chi connectivity index (χ1n) is 6.91. The summed E-state index contributed by atoms with van der Waals surface area (Å²) in [6, 6.07) is 6.08. The van der Waals surface area contributed by atoms with Crippen molar-refractivity contribution in [2.24, 2.45) is 5.73 Å². The molecule has 0 radical (unpaired) electrons. The number of hydrogen-bond donors (Lipinski definition) is 2. The first-order valence-corrected chi connectivity index (χ1v) is 6.91. The van der Waals surface area contributed by atoms with Gasteiger partial charge in [-0.3, -0.25) is 0 Å². The second-order valence-corrected chi connectivity index (χ2v) is 5.85. The summed E-state index contributed by atoms with van der Waals surface area (Å²) in [6.45, 7) is 7.18. The van der Waals surface area contributed by atoms with Crippen LogP contribution >= 0.6 is 0 Å². The molecule has 0 aliphatic heterocycles. The van der Waals surface area contributed by atoms with Gasteiger partial charge in [0.25, 0.3) is 0 Å². The largest absolute Gasteiger partial charge is 0.329 e. The fourth-order valence-electron chi connectivity index (χ4n) is 2.09. The predicted molar refractivity (Wildman–Crippen MR) is 78.1 cm³/mol. The summed E-state index contributed by atoms with van der Waals surface area (Å²) >= 11 is 0. The van der Waals surface area contributed by atoms with Gasteiger partial charge < -0.3 is 11.1 Å². The van der Waals surface area contributed by atoms with Crippen LogP contribution in [0.1, 0.15) is 38.2 Å². The Morgan fingerprint density at radius 1 is 1.29 bits per heavy atom. The lowest BCUT2D eigenvalue weighted by Gasteiger charge is -2.24. The van der Waals surface area contributed by atoms with E-state index < -0.39 is 0 Å². The van der Waals surface area contributed by atoms with Crippen LogP contribution in [-0.2, 0) is 5.54 Å². The molecule has 114 valence electrons. The Bertz CT molecular complexity index is 572. The number of nitrogens with two attached hydrogens (primary N) is 1. The molecule has 6 nitrogen and oxygen atoms in total. The van der Waals surface area contributed by atoms with Crippen LogP contribution in [0.2, 0.25) is 0 Å². The van der Waals surface area contributed by atoms with Crippen LogP contribution in [-0.4, -0.2) is 33.3 Å². The summed E-state index contributed by atoms with van der Waals surface area (Å²) in [6.07, 6.45) is 0. The van der Waals surface area contributed by atoms with E-state index in [0.29, 0.717) is 18.9 Å². The van der Waals surface area contributed by atoms with Crippen LogP contribution < -0.4 is 11.1 Å². The van der Waals surface area contributed by atoms with Crippen molar-refractivity contribution < 1.29 is 4.39 Å². The van der Waals surface area contributed by atoms with Crippen LogP contribution in [0.4, 0.5) is 4.39 Å². The number of aromatic nitrogens is 4. The van der Waals surface area contributed by atoms with Gasteiger partial charge in [-0.2, -0.15) is 0 Å². The Kier molecular flexibility index (Phi) is 4.64. The molecule has 1 aromatic carbocycles. The lowest BCUT2D eigenvalue weighted by molar-refractivity contribution is 0.325. The molecule has 2 rings (SSSR count). The summed E-state index contributed by atoms with van der Waals surface area (Å²) < 4.78 is 14.9. The number of tetrazole rings is 1. The summed E-state index contributed by atoms with van der Waals surface area (Å²) in [7, 11) is 0. The fraction of sp³-hybridized carbons (Fsp3) is 0.500. The standard InChI is InChI=1S/C14H21FN6/c1-14(2,3)21-13(18-19-20-21)12(17-9-8-16)10-4-6-11(15)7-5-10/h4-7,12,17H,8-9,16H2,1-3H3. The van der Waals surface area contributed by atoms with Gasteiger partial charge in [0.15, 0.2) is 5.82 Å². The third-order valence-corrected chi connectivity index (χ3v) is 3.08. The Labute approximate surface area is 123 Å². The zero-order valence-corrected chi connectivity index (χ0v) is 12.5. The van der Waals surface area contributed by atoms with Crippen molar-refractivity contribution in [3.05, 3.63) is 41.5 Å². The smallest absolute Gasteiger partial charge is 0.173 e. The normalized spacial score (nSPS) is 13.4. The molecule has 1 unspecified atom stereocenters. The van der Waals surface area contributed by atoms with Crippen molar-refractivity contribution in [3.63, 3.8) is 0 Å². The van der Waals surface area contributed by atoms with Crippen molar-refractivity contribution in [2.75, 3.05) is 13.1 Å². The highest BCUT2D eigenvalue weighted by Gasteiger charge is 2.26. The Balaban J connectivity index is 2.41. The maximum Gasteiger partial charge on any atom is 0.173 e. The Morgan fingerprint density at radius 2 is 1.95 bits per heavy atom. The van der Waals surface area contributed by atoms with E-state index in [1.54, 1.807) is 16.8 Å². The van der Waals surface area contributed by atoms with Crippen LogP contribution in [0.15, 0.2) is 24.3 Å². The average Bonchev–Trinajstić information content (AvgIpc) is 2.90. The lowest BCUT2D eigenvalue weighted by Crippen LogP contribution is -2.34. The second-order valence-electron chi connectivity index (χ2n) is 5.85. The first-order chi connectivity index (χ1) is 9.93.